The third kappa shape index (κ3) is 7.28. The van der Waals surface area contributed by atoms with Crippen molar-refractivity contribution in [2.24, 2.45) is 23.7 Å². The number of nitrogens with one attached hydrogen (secondary N) is 1. The number of anilines is 1. The van der Waals surface area contributed by atoms with Crippen LogP contribution in [0.1, 0.15) is 64.4 Å². The molecule has 14 nitrogen and oxygen atoms in total. The molecular formula is C37H46N3O11+. The summed E-state index contributed by atoms with van der Waals surface area (Å²) < 4.78 is 23.3. The number of hydrogen-bond acceptors (Lipinski definition) is 12. The van der Waals surface area contributed by atoms with Crippen LogP contribution < -0.4 is 10.1 Å². The molecule has 3 aliphatic rings. The fourth-order valence-corrected chi connectivity index (χ4v) is 6.73. The van der Waals surface area contributed by atoms with Crippen LogP contribution in [0.25, 0.3) is 15.7 Å². The number of ether oxygens (including phenoxy) is 4. The summed E-state index contributed by atoms with van der Waals surface area (Å²) in [4.78, 5) is 42.7. The van der Waals surface area contributed by atoms with Gasteiger partial charge in [0.2, 0.25) is 5.39 Å². The van der Waals surface area contributed by atoms with Crippen LogP contribution in [-0.4, -0.2) is 75.4 Å². The highest BCUT2D eigenvalue weighted by molar-refractivity contribution is 6.23. The van der Waals surface area contributed by atoms with Crippen LogP contribution in [0.4, 0.5) is 11.4 Å². The second-order valence-corrected chi connectivity index (χ2v) is 13.5. The lowest BCUT2D eigenvalue weighted by Gasteiger charge is -2.38. The Kier molecular flexibility index (Phi) is 11.5. The molecule has 3 aliphatic heterocycles. The number of carbonyl (C=O) groups is 3. The molecule has 1 amide bonds. The maximum atomic E-state index is 14.0. The summed E-state index contributed by atoms with van der Waals surface area (Å²) in [5.74, 6) is -7.52. The van der Waals surface area contributed by atoms with Gasteiger partial charge in [-0.25, -0.2) is 0 Å². The van der Waals surface area contributed by atoms with Crippen LogP contribution in [0.5, 0.6) is 17.2 Å². The Morgan fingerprint density at radius 3 is 2.27 bits per heavy atom. The molecule has 3 heterocycles. The molecule has 0 aromatic heterocycles. The molecule has 0 saturated carbocycles. The zero-order valence-electron chi connectivity index (χ0n) is 30.1. The van der Waals surface area contributed by atoms with E-state index in [-0.39, 0.29) is 44.6 Å². The van der Waals surface area contributed by atoms with Crippen molar-refractivity contribution >= 4 is 39.8 Å². The van der Waals surface area contributed by atoms with E-state index in [4.69, 9.17) is 18.9 Å². The van der Waals surface area contributed by atoms with E-state index in [1.165, 1.54) is 53.2 Å². The molecule has 0 unspecified atom stereocenters. The van der Waals surface area contributed by atoms with E-state index in [2.05, 4.69) is 10.3 Å². The van der Waals surface area contributed by atoms with E-state index in [0.29, 0.717) is 0 Å². The smallest absolute Gasteiger partial charge is 0.396 e. The minimum absolute atomic E-state index is 0.0713. The van der Waals surface area contributed by atoms with Gasteiger partial charge in [0.05, 0.1) is 52.7 Å². The molecule has 0 radical (unpaired) electrons. The maximum absolute atomic E-state index is 14.0. The number of methoxy groups -OCH3 is 1. The fraction of sp³-hybridized carbons (Fsp3) is 0.486. The summed E-state index contributed by atoms with van der Waals surface area (Å²) in [6.45, 7) is 12.5. The number of phenolic OH excluding ortho intramolecular Hbond substituents is 2. The Bertz CT molecular complexity index is 1860. The van der Waals surface area contributed by atoms with Crippen molar-refractivity contribution in [3.63, 3.8) is 0 Å². The molecule has 5 N–H and O–H groups in total. The van der Waals surface area contributed by atoms with Crippen LogP contribution in [0, 0.1) is 36.0 Å². The standard InChI is InChI=1S/C37H45N3O11/c1-16-11-10-12-17(2)36(47)39-24-15-23(40-38)26-27(32(24)45)31(44)21(6)34-28(26)35(46)37(8,51-34)49-14-13-25(48-9)18(3)33(50-22(7)41)20(5)30(43)19(4)29(16)42/h10-16,18-20,25,29-30,33,38,42-43H,1-9H3,(H,44,45,46)/p+1/b11-10+,14-13+,17-12-,39-24?/t16-,18-,19-,20+,25+,29-,30+,33-,37+/m1/s1. The molecule has 9 atom stereocenters. The van der Waals surface area contributed by atoms with E-state index in [0.717, 1.165) is 6.07 Å². The quantitative estimate of drug-likeness (QED) is 0.148. The zero-order chi connectivity index (χ0) is 38.1. The summed E-state index contributed by atoms with van der Waals surface area (Å²) >= 11 is 0. The Labute approximate surface area is 296 Å². The molecule has 2 aromatic carbocycles. The van der Waals surface area contributed by atoms with E-state index in [1.54, 1.807) is 39.8 Å². The summed E-state index contributed by atoms with van der Waals surface area (Å²) in [6.07, 6.45) is 3.58. The fourth-order valence-electron chi connectivity index (χ4n) is 6.73. The largest absolute Gasteiger partial charge is 0.507 e. The second kappa shape index (κ2) is 15.1. The molecule has 0 saturated heterocycles. The highest BCUT2D eigenvalue weighted by Crippen LogP contribution is 2.54. The first-order valence-electron chi connectivity index (χ1n) is 16.6. The average Bonchev–Trinajstić information content (AvgIpc) is 3.36. The number of esters is 1. The lowest BCUT2D eigenvalue weighted by Crippen LogP contribution is -2.46. The van der Waals surface area contributed by atoms with E-state index < -0.39 is 83.0 Å². The maximum Gasteiger partial charge on any atom is 0.396 e. The lowest BCUT2D eigenvalue weighted by molar-refractivity contribution is -0.160. The van der Waals surface area contributed by atoms with E-state index >= 15 is 0 Å². The van der Waals surface area contributed by atoms with Gasteiger partial charge in [-0.2, -0.15) is 0 Å². The zero-order valence-corrected chi connectivity index (χ0v) is 30.1. The van der Waals surface area contributed by atoms with Crippen molar-refractivity contribution in [1.82, 2.24) is 0 Å². The number of aliphatic hydroxyl groups is 2. The third-order valence-electron chi connectivity index (χ3n) is 9.94. The molecule has 14 heteroatoms. The Balaban J connectivity index is 1.90. The summed E-state index contributed by atoms with van der Waals surface area (Å²) in [5, 5.41) is 57.3. The number of fused-ring (bicyclic) bond motifs is 14. The van der Waals surface area contributed by atoms with Crippen molar-refractivity contribution in [1.29, 1.82) is 5.39 Å². The first-order valence-corrected chi connectivity index (χ1v) is 16.6. The predicted octanol–water partition coefficient (Wildman–Crippen LogP) is 5.53. The van der Waals surface area contributed by atoms with Crippen LogP contribution in [-0.2, 0) is 23.8 Å². The second-order valence-electron chi connectivity index (χ2n) is 13.5. The molecule has 51 heavy (non-hydrogen) atoms. The van der Waals surface area contributed by atoms with Crippen LogP contribution in [0.2, 0.25) is 0 Å². The van der Waals surface area contributed by atoms with Crippen molar-refractivity contribution in [3.8, 4) is 17.2 Å². The van der Waals surface area contributed by atoms with Gasteiger partial charge in [0.15, 0.2) is 10.7 Å². The number of aromatic hydroxyl groups is 2. The van der Waals surface area contributed by atoms with Crippen molar-refractivity contribution < 1.29 is 53.8 Å². The molecule has 0 fully saturated rings. The number of amides is 1. The Morgan fingerprint density at radius 1 is 1.00 bits per heavy atom. The topological polar surface area (TPSA) is 209 Å². The van der Waals surface area contributed by atoms with Gasteiger partial charge in [-0.1, -0.05) is 45.9 Å². The van der Waals surface area contributed by atoms with Gasteiger partial charge >= 0.3 is 17.4 Å². The summed E-state index contributed by atoms with van der Waals surface area (Å²) in [7, 11) is 1.43. The number of nitrogens with zero attached hydrogens (tertiary/aromatic N) is 2. The molecule has 5 rings (SSSR count). The van der Waals surface area contributed by atoms with Gasteiger partial charge in [0.25, 0.3) is 11.7 Å². The molecule has 0 aliphatic carbocycles. The number of benzene rings is 2. The van der Waals surface area contributed by atoms with Crippen LogP contribution in [0.3, 0.4) is 0 Å². The number of ketones is 1. The van der Waals surface area contributed by atoms with Crippen LogP contribution >= 0.6 is 0 Å². The third-order valence-corrected chi connectivity index (χ3v) is 9.94. The summed E-state index contributed by atoms with van der Waals surface area (Å²) in [6, 6.07) is 1.14. The highest BCUT2D eigenvalue weighted by atomic mass is 16.7. The number of carbonyl (C=O) groups excluding carboxylic acids is 3. The van der Waals surface area contributed by atoms with Gasteiger partial charge < -0.3 is 44.7 Å². The minimum Gasteiger partial charge on any atom is -0.507 e. The number of diazo groups is 1. The highest BCUT2D eigenvalue weighted by Gasteiger charge is 2.50. The van der Waals surface area contributed by atoms with Gasteiger partial charge in [0, 0.05) is 55.8 Å². The Hall–Kier alpha value is -4.97. The number of phenols is 2. The van der Waals surface area contributed by atoms with Crippen molar-refractivity contribution in [2.45, 2.75) is 85.6 Å². The predicted molar refractivity (Wildman–Crippen MR) is 187 cm³/mol. The SMILES string of the molecule is CO[C@H]1/C=C/O[C@@]2(C)Oc3c(C)c(O)c4c(O)c(cc([N+]#N)c4c3C2=O)NC(=O)/C(C)=C\C=C\[C@@H](C)[C@@H](O)[C@@H](C)[C@H](O)[C@H](C)[C@H](OC(C)=O)[C@@H]1C. The normalized spacial score (nSPS) is 32.6. The monoisotopic (exact) mass is 708 g/mol. The number of aliphatic hydroxyl groups excluding tert-OH is 2. The number of Topliss-reactive ketones (excluding diaryl/α,β-unsaturated/α-hetero) is 1. The lowest BCUT2D eigenvalue weighted by atomic mass is 9.78. The van der Waals surface area contributed by atoms with Crippen molar-refractivity contribution in [2.75, 3.05) is 12.4 Å². The number of allylic oxidation sites excluding steroid dienone is 2. The number of hydrogen-bond donors (Lipinski definition) is 5. The molecule has 2 aromatic rings. The van der Waals surface area contributed by atoms with E-state index in [1.807, 2.05) is 0 Å². The van der Waals surface area contributed by atoms with Crippen LogP contribution in [0.15, 0.2) is 42.2 Å². The average molecular weight is 709 g/mol. The van der Waals surface area contributed by atoms with Gasteiger partial charge in [0.1, 0.15) is 17.6 Å². The van der Waals surface area contributed by atoms with E-state index in [9.17, 15) is 40.2 Å². The first-order chi connectivity index (χ1) is 23.9. The molecular weight excluding hydrogens is 662 g/mol. The number of rotatable bonds is 2. The van der Waals surface area contributed by atoms with Gasteiger partial charge in [-0.3, -0.25) is 14.4 Å². The molecule has 274 valence electrons. The van der Waals surface area contributed by atoms with Gasteiger partial charge in [-0.15, -0.1) is 0 Å². The summed E-state index contributed by atoms with van der Waals surface area (Å²) in [5.41, 5.74) is -0.330. The molecule has 0 spiro atoms. The molecule has 5 bridgehead atoms. The Morgan fingerprint density at radius 2 is 1.67 bits per heavy atom. The van der Waals surface area contributed by atoms with Crippen molar-refractivity contribution in [3.05, 3.63) is 58.3 Å². The minimum atomic E-state index is -1.99. The van der Waals surface area contributed by atoms with Gasteiger partial charge in [-0.05, 0) is 19.9 Å². The first kappa shape index (κ1) is 38.8.